The number of nitrogens with one attached hydrogen (secondary N) is 1. The van der Waals surface area contributed by atoms with Crippen molar-refractivity contribution in [3.05, 3.63) is 54.1 Å². The summed E-state index contributed by atoms with van der Waals surface area (Å²) in [5.74, 6) is 1.03. The van der Waals surface area contributed by atoms with Crippen LogP contribution in [0.1, 0.15) is 12.5 Å². The number of nitrogens with zero attached hydrogens (tertiary/aromatic N) is 4. The van der Waals surface area contributed by atoms with Gasteiger partial charge in [0.25, 0.3) is 0 Å². The number of hydrogen-bond acceptors (Lipinski definition) is 6. The highest BCUT2D eigenvalue weighted by Gasteiger charge is 2.17. The molecule has 0 atom stereocenters. The van der Waals surface area contributed by atoms with Gasteiger partial charge < -0.3 is 19.5 Å². The molecule has 0 aliphatic carbocycles. The fourth-order valence-electron chi connectivity index (χ4n) is 3.65. The Hall–Kier alpha value is -2.84. The minimum atomic E-state index is -0.0616. The number of aryl methyl sites for hydroxylation is 1. The van der Waals surface area contributed by atoms with Crippen LogP contribution < -0.4 is 10.2 Å². The summed E-state index contributed by atoms with van der Waals surface area (Å²) < 4.78 is 7.49. The maximum absolute atomic E-state index is 12.7. The standard InChI is InChI=1S/C23H27N5O2S/c1-3-28-22(18-8-6-7-17(2)15-18)25-26-23(28)31-16-21(29)24-19-9-4-5-10-20(19)27-11-13-30-14-12-27/h4-10,15H,3,11-14,16H2,1-2H3,(H,24,29). The van der Waals surface area contributed by atoms with Crippen molar-refractivity contribution in [2.75, 3.05) is 42.3 Å². The van der Waals surface area contributed by atoms with Gasteiger partial charge in [0, 0.05) is 25.2 Å². The van der Waals surface area contributed by atoms with Crippen LogP contribution in [0, 0.1) is 6.92 Å². The maximum atomic E-state index is 12.7. The number of morpholine rings is 1. The third kappa shape index (κ3) is 5.08. The third-order valence-corrected chi connectivity index (χ3v) is 6.14. The van der Waals surface area contributed by atoms with Gasteiger partial charge >= 0.3 is 0 Å². The van der Waals surface area contributed by atoms with Crippen LogP contribution in [0.15, 0.2) is 53.7 Å². The smallest absolute Gasteiger partial charge is 0.234 e. The normalized spacial score (nSPS) is 13.9. The number of rotatable bonds is 7. The van der Waals surface area contributed by atoms with Crippen molar-refractivity contribution < 1.29 is 9.53 Å². The van der Waals surface area contributed by atoms with Crippen LogP contribution in [0.3, 0.4) is 0 Å². The topological polar surface area (TPSA) is 72.3 Å². The van der Waals surface area contributed by atoms with E-state index in [0.717, 1.165) is 47.6 Å². The van der Waals surface area contributed by atoms with Crippen molar-refractivity contribution in [1.82, 2.24) is 14.8 Å². The predicted octanol–water partition coefficient (Wildman–Crippen LogP) is 3.84. The molecule has 1 N–H and O–H groups in total. The molecule has 1 amide bonds. The van der Waals surface area contributed by atoms with Crippen LogP contribution in [0.4, 0.5) is 11.4 Å². The van der Waals surface area contributed by atoms with Gasteiger partial charge in [0.1, 0.15) is 0 Å². The first-order chi connectivity index (χ1) is 15.2. The van der Waals surface area contributed by atoms with Gasteiger partial charge in [-0.1, -0.05) is 47.7 Å². The van der Waals surface area contributed by atoms with Crippen LogP contribution in [-0.2, 0) is 16.1 Å². The zero-order valence-corrected chi connectivity index (χ0v) is 18.7. The molecular weight excluding hydrogens is 410 g/mol. The lowest BCUT2D eigenvalue weighted by Gasteiger charge is -2.30. The molecule has 31 heavy (non-hydrogen) atoms. The summed E-state index contributed by atoms with van der Waals surface area (Å²) in [6, 6.07) is 16.1. The lowest BCUT2D eigenvalue weighted by molar-refractivity contribution is -0.113. The summed E-state index contributed by atoms with van der Waals surface area (Å²) in [7, 11) is 0. The molecule has 1 aromatic heterocycles. The van der Waals surface area contributed by atoms with Gasteiger partial charge in [-0.15, -0.1) is 10.2 Å². The molecule has 0 bridgehead atoms. The molecule has 2 aromatic carbocycles. The second kappa shape index (κ2) is 9.98. The first kappa shape index (κ1) is 21.4. The van der Waals surface area contributed by atoms with Gasteiger partial charge in [0.2, 0.25) is 5.91 Å². The number of hydrogen-bond donors (Lipinski definition) is 1. The highest BCUT2D eigenvalue weighted by atomic mass is 32.2. The van der Waals surface area contributed by atoms with E-state index in [0.29, 0.717) is 13.2 Å². The van der Waals surface area contributed by atoms with Crippen molar-refractivity contribution in [3.8, 4) is 11.4 Å². The molecule has 0 spiro atoms. The Labute approximate surface area is 186 Å². The van der Waals surface area contributed by atoms with Crippen LogP contribution in [0.25, 0.3) is 11.4 Å². The van der Waals surface area contributed by atoms with Crippen LogP contribution >= 0.6 is 11.8 Å². The molecule has 7 nitrogen and oxygen atoms in total. The summed E-state index contributed by atoms with van der Waals surface area (Å²) in [6.45, 7) is 7.91. The fraction of sp³-hybridized carbons (Fsp3) is 0.348. The van der Waals surface area contributed by atoms with Gasteiger partial charge in [0.15, 0.2) is 11.0 Å². The first-order valence-corrected chi connectivity index (χ1v) is 11.5. The fourth-order valence-corrected chi connectivity index (χ4v) is 4.46. The van der Waals surface area contributed by atoms with Crippen molar-refractivity contribution in [2.45, 2.75) is 25.5 Å². The Morgan fingerprint density at radius 2 is 1.94 bits per heavy atom. The van der Waals surface area contributed by atoms with Gasteiger partial charge in [-0.3, -0.25) is 4.79 Å². The number of benzene rings is 2. The summed E-state index contributed by atoms with van der Waals surface area (Å²) in [4.78, 5) is 15.0. The van der Waals surface area contributed by atoms with Crippen LogP contribution in [0.5, 0.6) is 0 Å². The Morgan fingerprint density at radius 3 is 2.71 bits per heavy atom. The lowest BCUT2D eigenvalue weighted by atomic mass is 10.1. The third-order valence-electron chi connectivity index (χ3n) is 5.17. The molecule has 1 aliphatic heterocycles. The predicted molar refractivity (Wildman–Crippen MR) is 125 cm³/mol. The molecule has 3 aromatic rings. The molecule has 162 valence electrons. The zero-order valence-electron chi connectivity index (χ0n) is 17.9. The van der Waals surface area contributed by atoms with Gasteiger partial charge in [-0.2, -0.15) is 0 Å². The van der Waals surface area contributed by atoms with Gasteiger partial charge in [0.05, 0.1) is 30.3 Å². The van der Waals surface area contributed by atoms with Gasteiger partial charge in [-0.25, -0.2) is 0 Å². The minimum absolute atomic E-state index is 0.0616. The Bertz CT molecular complexity index is 1050. The number of para-hydroxylation sites is 2. The van der Waals surface area contributed by atoms with E-state index in [9.17, 15) is 4.79 Å². The molecule has 4 rings (SSSR count). The average Bonchev–Trinajstić information content (AvgIpc) is 3.22. The number of aromatic nitrogens is 3. The Morgan fingerprint density at radius 1 is 1.13 bits per heavy atom. The second-order valence-electron chi connectivity index (χ2n) is 7.37. The summed E-state index contributed by atoms with van der Waals surface area (Å²) in [5, 5.41) is 12.5. The van der Waals surface area contributed by atoms with E-state index in [1.165, 1.54) is 17.3 Å². The molecule has 1 aliphatic rings. The number of amides is 1. The molecule has 0 saturated carbocycles. The summed E-state index contributed by atoms with van der Waals surface area (Å²) in [6.07, 6.45) is 0. The van der Waals surface area contributed by atoms with E-state index < -0.39 is 0 Å². The van der Waals surface area contributed by atoms with E-state index in [-0.39, 0.29) is 11.7 Å². The Balaban J connectivity index is 1.43. The van der Waals surface area contributed by atoms with Gasteiger partial charge in [-0.05, 0) is 32.0 Å². The highest BCUT2D eigenvalue weighted by molar-refractivity contribution is 7.99. The lowest BCUT2D eigenvalue weighted by Crippen LogP contribution is -2.36. The highest BCUT2D eigenvalue weighted by Crippen LogP contribution is 2.28. The summed E-state index contributed by atoms with van der Waals surface area (Å²) in [5.41, 5.74) is 4.07. The van der Waals surface area contributed by atoms with Crippen LogP contribution in [-0.4, -0.2) is 52.7 Å². The van der Waals surface area contributed by atoms with E-state index in [2.05, 4.69) is 46.4 Å². The minimum Gasteiger partial charge on any atom is -0.378 e. The zero-order chi connectivity index (χ0) is 21.6. The van der Waals surface area contributed by atoms with Crippen LogP contribution in [0.2, 0.25) is 0 Å². The Kier molecular flexibility index (Phi) is 6.89. The molecule has 0 radical (unpaired) electrons. The molecule has 8 heteroatoms. The molecule has 1 fully saturated rings. The number of anilines is 2. The SMILES string of the molecule is CCn1c(SCC(=O)Nc2ccccc2N2CCOCC2)nnc1-c1cccc(C)c1. The number of carbonyl (C=O) groups excluding carboxylic acids is 1. The first-order valence-electron chi connectivity index (χ1n) is 10.5. The second-order valence-corrected chi connectivity index (χ2v) is 8.32. The molecular formula is C23H27N5O2S. The van der Waals surface area contributed by atoms with Crippen molar-refractivity contribution >= 4 is 29.0 Å². The maximum Gasteiger partial charge on any atom is 0.234 e. The number of thioether (sulfide) groups is 1. The average molecular weight is 438 g/mol. The van der Waals surface area contributed by atoms with Crippen molar-refractivity contribution in [3.63, 3.8) is 0 Å². The van der Waals surface area contributed by atoms with E-state index in [1.807, 2.05) is 41.0 Å². The van der Waals surface area contributed by atoms with E-state index >= 15 is 0 Å². The van der Waals surface area contributed by atoms with E-state index in [4.69, 9.17) is 4.74 Å². The van der Waals surface area contributed by atoms with Crippen molar-refractivity contribution in [2.24, 2.45) is 0 Å². The largest absolute Gasteiger partial charge is 0.378 e. The molecule has 0 unspecified atom stereocenters. The number of ether oxygens (including phenoxy) is 1. The molecule has 2 heterocycles. The van der Waals surface area contributed by atoms with Crippen molar-refractivity contribution in [1.29, 1.82) is 0 Å². The number of carbonyl (C=O) groups is 1. The van der Waals surface area contributed by atoms with E-state index in [1.54, 1.807) is 0 Å². The monoisotopic (exact) mass is 437 g/mol. The quantitative estimate of drug-likeness (QED) is 0.566. The summed E-state index contributed by atoms with van der Waals surface area (Å²) >= 11 is 1.40. The molecule has 1 saturated heterocycles.